The van der Waals surface area contributed by atoms with Crippen molar-refractivity contribution >= 4 is 62.5 Å². The molecule has 20 heteroatoms. The molecule has 61 heavy (non-hydrogen) atoms. The summed E-state index contributed by atoms with van der Waals surface area (Å²) in [7, 11) is -8.32. The highest BCUT2D eigenvalue weighted by Gasteiger charge is 2.73. The molecule has 0 aromatic heterocycles. The van der Waals surface area contributed by atoms with Crippen LogP contribution in [0.1, 0.15) is 73.4 Å². The van der Waals surface area contributed by atoms with Crippen LogP contribution in [0, 0.1) is 0 Å². The lowest BCUT2D eigenvalue weighted by molar-refractivity contribution is -0.288. The Bertz CT molecular complexity index is 1960. The van der Waals surface area contributed by atoms with Crippen LogP contribution in [0.2, 0.25) is 0 Å². The molecule has 0 aliphatic carbocycles. The zero-order chi connectivity index (χ0) is 45.2. The number of nitrogens with one attached hydrogen (secondary N) is 2. The number of carbonyl (C=O) groups is 2. The molecule has 12 nitrogen and oxygen atoms in total. The van der Waals surface area contributed by atoms with E-state index in [1.54, 1.807) is 41.5 Å². The van der Waals surface area contributed by atoms with Crippen molar-refractivity contribution in [1.82, 2.24) is 0 Å². The molecule has 6 N–H and O–H groups in total. The number of nitrogen functional groups attached to an aromatic ring is 2. The molecule has 0 bridgehead atoms. The molecule has 0 unspecified atom stereocenters. The quantitative estimate of drug-likeness (QED) is 0.0403. The summed E-state index contributed by atoms with van der Waals surface area (Å²) in [4.78, 5) is 27.4. The Kier molecular flexibility index (Phi) is 16.3. The zero-order valence-corrected chi connectivity index (χ0v) is 36.5. The summed E-state index contributed by atoms with van der Waals surface area (Å²) in [5.74, 6) is -1.83. The van der Waals surface area contributed by atoms with Gasteiger partial charge in [0.2, 0.25) is 5.41 Å². The number of carbonyl (C=O) groups excluding carboxylic acids is 2. The van der Waals surface area contributed by atoms with E-state index in [-0.39, 0.29) is 72.5 Å². The van der Waals surface area contributed by atoms with Crippen LogP contribution in [0.5, 0.6) is 0 Å². The lowest BCUT2D eigenvalue weighted by Crippen LogP contribution is -2.59. The van der Waals surface area contributed by atoms with Crippen LogP contribution in [-0.2, 0) is 32.0 Å². The van der Waals surface area contributed by atoms with Crippen LogP contribution in [0.3, 0.4) is 0 Å². The van der Waals surface area contributed by atoms with E-state index in [0.717, 1.165) is 12.1 Å². The second-order valence-corrected chi connectivity index (χ2v) is 18.2. The average Bonchev–Trinajstić information content (AvgIpc) is 3.18. The first-order valence-corrected chi connectivity index (χ1v) is 22.9. The molecule has 4 aromatic carbocycles. The molecule has 0 spiro atoms. The normalized spacial score (nSPS) is 12.7. The first-order valence-electron chi connectivity index (χ1n) is 19.4. The van der Waals surface area contributed by atoms with Crippen molar-refractivity contribution < 1.29 is 62.5 Å². The van der Waals surface area contributed by atoms with Gasteiger partial charge in [-0.2, -0.15) is 26.3 Å². The van der Waals surface area contributed by atoms with Gasteiger partial charge in [-0.25, -0.2) is 0 Å². The van der Waals surface area contributed by atoms with Crippen molar-refractivity contribution in [2.24, 2.45) is 0 Å². The maximum Gasteiger partial charge on any atom is 0.539 e. The number of benzene rings is 4. The number of hydrogen-bond donors (Lipinski definition) is 4. The fraction of sp³-hybridized carbons (Fsp3) is 0.366. The van der Waals surface area contributed by atoms with E-state index in [1.165, 1.54) is 48.5 Å². The third-order valence-electron chi connectivity index (χ3n) is 9.22. The van der Waals surface area contributed by atoms with Gasteiger partial charge in [-0.1, -0.05) is 36.4 Å². The van der Waals surface area contributed by atoms with Crippen molar-refractivity contribution in [2.45, 2.75) is 59.3 Å². The van der Waals surface area contributed by atoms with Crippen molar-refractivity contribution in [3.8, 4) is 0 Å². The smallest absolute Gasteiger partial charge is 0.399 e. The zero-order valence-electron chi connectivity index (χ0n) is 34.5. The second-order valence-electron chi connectivity index (χ2n) is 13.1. The van der Waals surface area contributed by atoms with E-state index >= 15 is 26.3 Å². The van der Waals surface area contributed by atoms with Gasteiger partial charge in [-0.3, -0.25) is 9.59 Å². The van der Waals surface area contributed by atoms with E-state index < -0.39 is 69.7 Å². The Hall–Kier alpha value is -4.81. The van der Waals surface area contributed by atoms with Gasteiger partial charge in [-0.05, 0) is 101 Å². The number of halogens is 6. The minimum atomic E-state index is -6.12. The van der Waals surface area contributed by atoms with E-state index in [1.807, 2.05) is 0 Å². The highest BCUT2D eigenvalue weighted by Crippen LogP contribution is 2.57. The van der Waals surface area contributed by atoms with E-state index in [9.17, 15) is 9.59 Å². The van der Waals surface area contributed by atoms with Gasteiger partial charge in [0.05, 0.1) is 0 Å². The summed E-state index contributed by atoms with van der Waals surface area (Å²) in [5.41, 5.74) is 3.48. The third kappa shape index (κ3) is 10.3. The Labute approximate surface area is 352 Å². The van der Waals surface area contributed by atoms with Crippen LogP contribution < -0.4 is 32.5 Å². The molecule has 4 rings (SSSR count). The van der Waals surface area contributed by atoms with E-state index in [2.05, 4.69) is 10.6 Å². The first-order chi connectivity index (χ1) is 28.8. The number of rotatable bonds is 20. The lowest BCUT2D eigenvalue weighted by Gasteiger charge is -2.40. The number of alkyl halides is 6. The molecule has 0 saturated carbocycles. The largest absolute Gasteiger partial charge is 0.539 e. The van der Waals surface area contributed by atoms with Crippen LogP contribution in [0.15, 0.2) is 84.9 Å². The maximum atomic E-state index is 16.0. The molecule has 0 fully saturated rings. The fourth-order valence-corrected chi connectivity index (χ4v) is 12.1. The molecule has 332 valence electrons. The van der Waals surface area contributed by atoms with Gasteiger partial charge in [0.25, 0.3) is 11.8 Å². The monoisotopic (exact) mass is 896 g/mol. The lowest BCUT2D eigenvalue weighted by atomic mass is 9.72. The highest BCUT2D eigenvalue weighted by atomic mass is 28.4. The number of amides is 2. The van der Waals surface area contributed by atoms with Gasteiger partial charge in [0.15, 0.2) is 0 Å². The molecule has 2 amide bonds. The molecule has 0 heterocycles. The first kappa shape index (κ1) is 48.9. The predicted molar refractivity (Wildman–Crippen MR) is 224 cm³/mol. The summed E-state index contributed by atoms with van der Waals surface area (Å²) in [6.45, 7) is 9.43. The summed E-state index contributed by atoms with van der Waals surface area (Å²) >= 11 is 0. The highest BCUT2D eigenvalue weighted by molar-refractivity contribution is 6.77. The summed E-state index contributed by atoms with van der Waals surface area (Å²) in [6, 6.07) is 15.6. The van der Waals surface area contributed by atoms with Crippen molar-refractivity contribution in [2.75, 3.05) is 61.7 Å². The van der Waals surface area contributed by atoms with Crippen LogP contribution in [0.25, 0.3) is 0 Å². The van der Waals surface area contributed by atoms with Crippen molar-refractivity contribution in [3.05, 3.63) is 107 Å². The van der Waals surface area contributed by atoms with Gasteiger partial charge < -0.3 is 48.7 Å². The van der Waals surface area contributed by atoms with Crippen LogP contribution in [-0.4, -0.2) is 81.4 Å². The molecule has 0 saturated heterocycles. The maximum absolute atomic E-state index is 16.0. The Balaban J connectivity index is 2.15. The van der Waals surface area contributed by atoms with Gasteiger partial charge in [0, 0.05) is 83.9 Å². The summed E-state index contributed by atoms with van der Waals surface area (Å²) < 4.78 is 132. The van der Waals surface area contributed by atoms with Gasteiger partial charge >= 0.3 is 30.0 Å². The molecule has 4 aromatic rings. The minimum Gasteiger partial charge on any atom is -0.399 e. The van der Waals surface area contributed by atoms with Crippen LogP contribution >= 0.6 is 0 Å². The molecule has 0 radical (unpaired) electrons. The predicted octanol–water partition coefficient (Wildman–Crippen LogP) is 7.28. The summed E-state index contributed by atoms with van der Waals surface area (Å²) in [6.07, 6.45) is -12.2. The van der Waals surface area contributed by atoms with E-state index in [4.69, 9.17) is 38.0 Å². The Morgan fingerprint density at radius 2 is 0.820 bits per heavy atom. The standard InChI is InChI=1S/C41H50F6N4O8Si2/c1-7-54-60(55-8-2,56-9-3)35-21-19-29(25-33(35)50-37(52)27-15-13-17-31(48)23-27)39(40(42,43)44,41(45,46)47)30-20-22-36(61(57-10-4,58-11-5)59-12-6)34(26-30)51-38(53)28-16-14-18-32(49)24-28/h13-26H,7-12,48-49H2,1-6H3,(H,50,52)(H,51,53). The van der Waals surface area contributed by atoms with Crippen LogP contribution in [0.4, 0.5) is 49.1 Å². The average molecular weight is 897 g/mol. The van der Waals surface area contributed by atoms with E-state index in [0.29, 0.717) is 24.3 Å². The second kappa shape index (κ2) is 20.4. The minimum absolute atomic E-state index is 0.0297. The van der Waals surface area contributed by atoms with Crippen molar-refractivity contribution in [1.29, 1.82) is 0 Å². The van der Waals surface area contributed by atoms with Crippen molar-refractivity contribution in [3.63, 3.8) is 0 Å². The SMILES string of the molecule is CCO[Si](OCC)(OCC)c1ccc(C(c2ccc([Si](OCC)(OCC)OCC)c(NC(=O)c3cccc(N)c3)c2)(C(F)(F)F)C(F)(F)F)cc1NC(=O)c1cccc(N)c1. The topological polar surface area (TPSA) is 166 Å². The molecular formula is C41H50F6N4O8Si2. The van der Waals surface area contributed by atoms with Gasteiger partial charge in [0.1, 0.15) is 0 Å². The number of hydrogen-bond acceptors (Lipinski definition) is 10. The molecule has 0 atom stereocenters. The number of anilines is 4. The Morgan fingerprint density at radius 1 is 0.508 bits per heavy atom. The Morgan fingerprint density at radius 3 is 1.08 bits per heavy atom. The molecular weight excluding hydrogens is 847 g/mol. The fourth-order valence-electron chi connectivity index (χ4n) is 6.88. The number of nitrogens with two attached hydrogens (primary N) is 2. The molecule has 0 aliphatic rings. The summed E-state index contributed by atoms with van der Waals surface area (Å²) in [5, 5.41) is 4.76. The molecule has 0 aliphatic heterocycles. The van der Waals surface area contributed by atoms with Gasteiger partial charge in [-0.15, -0.1) is 0 Å². The third-order valence-corrected chi connectivity index (χ3v) is 15.4.